The van der Waals surface area contributed by atoms with Crippen LogP contribution in [-0.4, -0.2) is 25.0 Å². The van der Waals surface area contributed by atoms with E-state index >= 15 is 0 Å². The number of hydrogen-bond acceptors (Lipinski definition) is 1. The van der Waals surface area contributed by atoms with Gasteiger partial charge in [0.15, 0.2) is 6.54 Å². The summed E-state index contributed by atoms with van der Waals surface area (Å²) < 4.78 is 12.9. The highest BCUT2D eigenvalue weighted by Gasteiger charge is 2.21. The zero-order chi connectivity index (χ0) is 14.6. The first kappa shape index (κ1) is 15.6. The largest absolute Gasteiger partial charge is 0.347 e. The van der Waals surface area contributed by atoms with Gasteiger partial charge in [-0.25, -0.2) is 4.39 Å². The SMILES string of the molecule is C[C@@H](c1ccc(F)cc1)[NH+](C)CC(=O)NC(C)(C)C. The molecule has 0 aromatic heterocycles. The van der Waals surface area contributed by atoms with Gasteiger partial charge < -0.3 is 10.2 Å². The summed E-state index contributed by atoms with van der Waals surface area (Å²) in [4.78, 5) is 12.9. The lowest BCUT2D eigenvalue weighted by atomic mass is 10.1. The van der Waals surface area contributed by atoms with E-state index in [0.717, 1.165) is 10.5 Å². The molecule has 3 nitrogen and oxygen atoms in total. The molecule has 0 fully saturated rings. The average Bonchev–Trinajstić information content (AvgIpc) is 2.26. The van der Waals surface area contributed by atoms with Crippen LogP contribution in [0.1, 0.15) is 39.3 Å². The van der Waals surface area contributed by atoms with Crippen LogP contribution in [0.2, 0.25) is 0 Å². The zero-order valence-corrected chi connectivity index (χ0v) is 12.4. The summed E-state index contributed by atoms with van der Waals surface area (Å²) in [7, 11) is 1.97. The molecule has 1 amide bonds. The van der Waals surface area contributed by atoms with Gasteiger partial charge in [0.2, 0.25) is 0 Å². The summed E-state index contributed by atoms with van der Waals surface area (Å²) >= 11 is 0. The third-order valence-corrected chi connectivity index (χ3v) is 3.06. The molecule has 1 unspecified atom stereocenters. The minimum atomic E-state index is -0.237. The number of carbonyl (C=O) groups excluding carboxylic acids is 1. The minimum absolute atomic E-state index is 0.0268. The van der Waals surface area contributed by atoms with E-state index in [1.807, 2.05) is 34.7 Å². The smallest absolute Gasteiger partial charge is 0.275 e. The number of rotatable bonds is 4. The summed E-state index contributed by atoms with van der Waals surface area (Å²) in [6.07, 6.45) is 0. The van der Waals surface area contributed by atoms with Crippen molar-refractivity contribution < 1.29 is 14.1 Å². The fourth-order valence-corrected chi connectivity index (χ4v) is 1.90. The van der Waals surface area contributed by atoms with Crippen LogP contribution in [0.3, 0.4) is 0 Å². The van der Waals surface area contributed by atoms with E-state index in [1.165, 1.54) is 12.1 Å². The topological polar surface area (TPSA) is 33.5 Å². The normalized spacial score (nSPS) is 14.8. The first-order chi connectivity index (χ1) is 8.69. The van der Waals surface area contributed by atoms with Gasteiger partial charge in [0.25, 0.3) is 5.91 Å². The Balaban J connectivity index is 2.60. The van der Waals surface area contributed by atoms with E-state index in [2.05, 4.69) is 5.32 Å². The van der Waals surface area contributed by atoms with Crippen LogP contribution in [0.5, 0.6) is 0 Å². The molecule has 0 aliphatic heterocycles. The molecule has 1 aromatic carbocycles. The molecule has 0 saturated heterocycles. The highest BCUT2D eigenvalue weighted by Crippen LogP contribution is 2.09. The lowest BCUT2D eigenvalue weighted by Gasteiger charge is -2.25. The van der Waals surface area contributed by atoms with Gasteiger partial charge in [-0.1, -0.05) is 12.1 Å². The second-order valence-corrected chi connectivity index (χ2v) is 6.09. The van der Waals surface area contributed by atoms with Gasteiger partial charge in [0.05, 0.1) is 7.05 Å². The standard InChI is InChI=1S/C15H23FN2O/c1-11(12-6-8-13(16)9-7-12)18(5)10-14(19)17-15(2,3)4/h6-9,11H,10H2,1-5H3,(H,17,19)/p+1/t11-/m0/s1. The van der Waals surface area contributed by atoms with Crippen molar-refractivity contribution in [2.75, 3.05) is 13.6 Å². The number of carbonyl (C=O) groups is 1. The second kappa shape index (κ2) is 6.15. The number of benzene rings is 1. The number of amides is 1. The van der Waals surface area contributed by atoms with Crippen molar-refractivity contribution in [3.63, 3.8) is 0 Å². The van der Waals surface area contributed by atoms with Crippen LogP contribution in [0, 0.1) is 5.82 Å². The van der Waals surface area contributed by atoms with E-state index in [1.54, 1.807) is 12.1 Å². The van der Waals surface area contributed by atoms with Crippen LogP contribution < -0.4 is 10.2 Å². The molecule has 4 heteroatoms. The summed E-state index contributed by atoms with van der Waals surface area (Å²) in [6.45, 7) is 8.32. The molecule has 0 heterocycles. The first-order valence-electron chi connectivity index (χ1n) is 6.58. The molecule has 1 rings (SSSR count). The van der Waals surface area contributed by atoms with Crippen molar-refractivity contribution in [3.8, 4) is 0 Å². The van der Waals surface area contributed by atoms with Gasteiger partial charge in [-0.05, 0) is 39.8 Å². The van der Waals surface area contributed by atoms with E-state index in [0.29, 0.717) is 6.54 Å². The molecule has 2 atom stereocenters. The molecule has 0 spiro atoms. The molecule has 0 saturated carbocycles. The Kier molecular flexibility index (Phi) is 5.06. The predicted octanol–water partition coefficient (Wildman–Crippen LogP) is 1.32. The summed E-state index contributed by atoms with van der Waals surface area (Å²) in [5, 5.41) is 2.95. The van der Waals surface area contributed by atoms with Crippen molar-refractivity contribution in [3.05, 3.63) is 35.6 Å². The Labute approximate surface area is 114 Å². The molecule has 19 heavy (non-hydrogen) atoms. The number of likely N-dealkylation sites (N-methyl/N-ethyl adjacent to an activating group) is 1. The highest BCUT2D eigenvalue weighted by atomic mass is 19.1. The molecule has 0 bridgehead atoms. The third kappa shape index (κ3) is 5.39. The summed E-state index contributed by atoms with van der Waals surface area (Å²) in [5.74, 6) is -0.210. The molecule has 1 aromatic rings. The molecular weight excluding hydrogens is 243 g/mol. The van der Waals surface area contributed by atoms with Gasteiger partial charge in [-0.3, -0.25) is 4.79 Å². The molecule has 106 valence electrons. The Hall–Kier alpha value is -1.42. The molecule has 0 aliphatic rings. The number of hydrogen-bond donors (Lipinski definition) is 2. The van der Waals surface area contributed by atoms with Crippen molar-refractivity contribution in [1.29, 1.82) is 0 Å². The maximum atomic E-state index is 12.9. The fraction of sp³-hybridized carbons (Fsp3) is 0.533. The van der Waals surface area contributed by atoms with Gasteiger partial charge in [0, 0.05) is 11.1 Å². The minimum Gasteiger partial charge on any atom is -0.347 e. The zero-order valence-electron chi connectivity index (χ0n) is 12.4. The second-order valence-electron chi connectivity index (χ2n) is 6.09. The van der Waals surface area contributed by atoms with Crippen LogP contribution in [0.4, 0.5) is 4.39 Å². The molecular formula is C15H24FN2O+. The van der Waals surface area contributed by atoms with Gasteiger partial charge in [0.1, 0.15) is 11.9 Å². The van der Waals surface area contributed by atoms with E-state index in [9.17, 15) is 9.18 Å². The van der Waals surface area contributed by atoms with Crippen molar-refractivity contribution in [2.24, 2.45) is 0 Å². The quantitative estimate of drug-likeness (QED) is 0.847. The van der Waals surface area contributed by atoms with Crippen molar-refractivity contribution in [1.82, 2.24) is 5.32 Å². The predicted molar refractivity (Wildman–Crippen MR) is 74.5 cm³/mol. The summed E-state index contributed by atoms with van der Waals surface area (Å²) in [6, 6.07) is 6.59. The lowest BCUT2D eigenvalue weighted by Crippen LogP contribution is -3.10. The fourth-order valence-electron chi connectivity index (χ4n) is 1.90. The lowest BCUT2D eigenvalue weighted by molar-refractivity contribution is -0.902. The Morgan fingerprint density at radius 1 is 1.32 bits per heavy atom. The Morgan fingerprint density at radius 2 is 1.84 bits per heavy atom. The summed E-state index contributed by atoms with van der Waals surface area (Å²) in [5.41, 5.74) is 0.818. The Morgan fingerprint density at radius 3 is 2.32 bits per heavy atom. The number of nitrogens with one attached hydrogen (secondary N) is 2. The van der Waals surface area contributed by atoms with E-state index in [4.69, 9.17) is 0 Å². The first-order valence-corrected chi connectivity index (χ1v) is 6.58. The average molecular weight is 267 g/mol. The van der Waals surface area contributed by atoms with E-state index in [-0.39, 0.29) is 23.3 Å². The van der Waals surface area contributed by atoms with Crippen LogP contribution in [0.25, 0.3) is 0 Å². The Bertz CT molecular complexity index is 423. The van der Waals surface area contributed by atoms with Crippen LogP contribution >= 0.6 is 0 Å². The maximum absolute atomic E-state index is 12.9. The molecule has 0 aliphatic carbocycles. The molecule has 0 radical (unpaired) electrons. The van der Waals surface area contributed by atoms with Gasteiger partial charge in [-0.2, -0.15) is 0 Å². The maximum Gasteiger partial charge on any atom is 0.275 e. The van der Waals surface area contributed by atoms with Gasteiger partial charge >= 0.3 is 0 Å². The number of quaternary nitrogens is 1. The number of halogens is 1. The third-order valence-electron chi connectivity index (χ3n) is 3.06. The van der Waals surface area contributed by atoms with Crippen molar-refractivity contribution in [2.45, 2.75) is 39.3 Å². The van der Waals surface area contributed by atoms with E-state index < -0.39 is 0 Å². The molecule has 2 N–H and O–H groups in total. The van der Waals surface area contributed by atoms with Crippen LogP contribution in [-0.2, 0) is 4.79 Å². The van der Waals surface area contributed by atoms with Crippen molar-refractivity contribution >= 4 is 5.91 Å². The monoisotopic (exact) mass is 267 g/mol. The van der Waals surface area contributed by atoms with Crippen LogP contribution in [0.15, 0.2) is 24.3 Å². The van der Waals surface area contributed by atoms with Gasteiger partial charge in [-0.15, -0.1) is 0 Å². The highest BCUT2D eigenvalue weighted by molar-refractivity contribution is 5.77.